The molecule has 4 aliphatic heterocycles. The predicted octanol–water partition coefficient (Wildman–Crippen LogP) is 2.99. The molecule has 1 N–H and O–H groups in total. The van der Waals surface area contributed by atoms with Crippen molar-refractivity contribution in [3.63, 3.8) is 0 Å². The number of aromatic hydroxyl groups is 1. The summed E-state index contributed by atoms with van der Waals surface area (Å²) in [6, 6.07) is 8.43. The number of amides is 1. The van der Waals surface area contributed by atoms with Crippen LogP contribution in [-0.4, -0.2) is 66.2 Å². The second-order valence-corrected chi connectivity index (χ2v) is 8.41. The van der Waals surface area contributed by atoms with Crippen molar-refractivity contribution in [2.75, 3.05) is 33.4 Å². The molecule has 4 saturated heterocycles. The number of methoxy groups -OCH3 is 1. The van der Waals surface area contributed by atoms with Crippen LogP contribution in [0.1, 0.15) is 50.0 Å². The quantitative estimate of drug-likeness (QED) is 0.748. The van der Waals surface area contributed by atoms with Crippen LogP contribution < -0.4 is 0 Å². The van der Waals surface area contributed by atoms with Crippen molar-refractivity contribution in [3.8, 4) is 5.75 Å². The van der Waals surface area contributed by atoms with Gasteiger partial charge in [-0.05, 0) is 62.4 Å². The van der Waals surface area contributed by atoms with E-state index in [2.05, 4.69) is 15.9 Å². The standard InChI is InChI=1S/C22H32N2O3/c1-27-13-4-2-3-8-20(26)24-15-19(17-6-5-7-18(25)14-17)22-21(24)16-9-11-23(22)12-10-16/h5-7,14,16,19,21-22,25H,2-4,8-13,15H2,1H3/t19-,21+,22+/m0/s1. The lowest BCUT2D eigenvalue weighted by atomic mass is 9.75. The molecule has 3 atom stereocenters. The summed E-state index contributed by atoms with van der Waals surface area (Å²) in [6.07, 6.45) is 6.09. The number of hydrogen-bond acceptors (Lipinski definition) is 4. The van der Waals surface area contributed by atoms with Gasteiger partial charge in [0.15, 0.2) is 0 Å². The molecule has 148 valence electrons. The summed E-state index contributed by atoms with van der Waals surface area (Å²) in [5.74, 6) is 1.59. The number of phenolic OH excluding ortho intramolecular Hbond substituents is 1. The molecule has 5 heteroatoms. The van der Waals surface area contributed by atoms with Crippen LogP contribution in [0.4, 0.5) is 0 Å². The highest BCUT2D eigenvalue weighted by Gasteiger charge is 2.54. The number of benzene rings is 1. The molecule has 4 aliphatic rings. The minimum Gasteiger partial charge on any atom is -0.508 e. The van der Waals surface area contributed by atoms with Gasteiger partial charge in [-0.15, -0.1) is 0 Å². The average Bonchev–Trinajstić information content (AvgIpc) is 3.12. The van der Waals surface area contributed by atoms with Crippen molar-refractivity contribution in [3.05, 3.63) is 29.8 Å². The summed E-state index contributed by atoms with van der Waals surface area (Å²) in [7, 11) is 1.73. The monoisotopic (exact) mass is 372 g/mol. The van der Waals surface area contributed by atoms with E-state index in [-0.39, 0.29) is 0 Å². The summed E-state index contributed by atoms with van der Waals surface area (Å²) in [5, 5.41) is 9.96. The number of unbranched alkanes of at least 4 members (excludes halogenated alkanes) is 2. The van der Waals surface area contributed by atoms with E-state index in [0.717, 1.165) is 45.5 Å². The minimum absolute atomic E-state index is 0.308. The van der Waals surface area contributed by atoms with Crippen LogP contribution in [0.5, 0.6) is 5.75 Å². The topological polar surface area (TPSA) is 53.0 Å². The van der Waals surface area contributed by atoms with E-state index in [4.69, 9.17) is 4.74 Å². The van der Waals surface area contributed by atoms with Gasteiger partial charge in [0.05, 0.1) is 6.04 Å². The Balaban J connectivity index is 1.50. The first-order valence-electron chi connectivity index (χ1n) is 10.5. The molecule has 0 aliphatic carbocycles. The summed E-state index contributed by atoms with van der Waals surface area (Å²) in [5.41, 5.74) is 1.17. The van der Waals surface area contributed by atoms with Crippen molar-refractivity contribution in [2.24, 2.45) is 5.92 Å². The van der Waals surface area contributed by atoms with Gasteiger partial charge in [0.1, 0.15) is 5.75 Å². The smallest absolute Gasteiger partial charge is 0.222 e. The molecule has 2 bridgehead atoms. The lowest BCUT2D eigenvalue weighted by molar-refractivity contribution is -0.136. The summed E-state index contributed by atoms with van der Waals surface area (Å²) in [4.78, 5) is 17.9. The Morgan fingerprint density at radius 1 is 1.19 bits per heavy atom. The van der Waals surface area contributed by atoms with E-state index in [1.54, 1.807) is 13.2 Å². The van der Waals surface area contributed by atoms with Crippen LogP contribution in [-0.2, 0) is 9.53 Å². The molecule has 4 heterocycles. The first-order chi connectivity index (χ1) is 13.2. The fourth-order valence-electron chi connectivity index (χ4n) is 5.60. The first kappa shape index (κ1) is 18.8. The van der Waals surface area contributed by atoms with Gasteiger partial charge in [-0.1, -0.05) is 18.6 Å². The van der Waals surface area contributed by atoms with Crippen molar-refractivity contribution >= 4 is 5.91 Å². The molecule has 4 fully saturated rings. The predicted molar refractivity (Wildman–Crippen MR) is 105 cm³/mol. The number of carbonyl (C=O) groups is 1. The van der Waals surface area contributed by atoms with Crippen molar-refractivity contribution in [1.29, 1.82) is 0 Å². The number of ether oxygens (including phenoxy) is 1. The molecule has 5 nitrogen and oxygen atoms in total. The molecule has 0 aromatic heterocycles. The Bertz CT molecular complexity index is 657. The van der Waals surface area contributed by atoms with E-state index in [0.29, 0.717) is 42.0 Å². The highest BCUT2D eigenvalue weighted by molar-refractivity contribution is 5.77. The van der Waals surface area contributed by atoms with E-state index >= 15 is 0 Å². The maximum atomic E-state index is 13.1. The molecule has 1 amide bonds. The molecule has 0 unspecified atom stereocenters. The van der Waals surface area contributed by atoms with Gasteiger partial charge in [0.2, 0.25) is 5.91 Å². The van der Waals surface area contributed by atoms with E-state index in [1.165, 1.54) is 18.4 Å². The largest absolute Gasteiger partial charge is 0.508 e. The van der Waals surface area contributed by atoms with Gasteiger partial charge in [-0.2, -0.15) is 0 Å². The zero-order valence-electron chi connectivity index (χ0n) is 16.3. The zero-order valence-corrected chi connectivity index (χ0v) is 16.3. The summed E-state index contributed by atoms with van der Waals surface area (Å²) in [6.45, 7) is 3.88. The summed E-state index contributed by atoms with van der Waals surface area (Å²) < 4.78 is 5.10. The van der Waals surface area contributed by atoms with Gasteiger partial charge in [-0.3, -0.25) is 9.69 Å². The number of nitrogens with zero attached hydrogens (tertiary/aromatic N) is 2. The van der Waals surface area contributed by atoms with Gasteiger partial charge in [0.25, 0.3) is 0 Å². The first-order valence-corrected chi connectivity index (χ1v) is 10.5. The van der Waals surface area contributed by atoms with E-state index < -0.39 is 0 Å². The molecule has 1 aromatic carbocycles. The number of piperidine rings is 3. The van der Waals surface area contributed by atoms with Crippen LogP contribution in [0.25, 0.3) is 0 Å². The Morgan fingerprint density at radius 3 is 2.74 bits per heavy atom. The maximum Gasteiger partial charge on any atom is 0.222 e. The number of hydrogen-bond donors (Lipinski definition) is 1. The average molecular weight is 373 g/mol. The van der Waals surface area contributed by atoms with Crippen molar-refractivity contribution in [1.82, 2.24) is 9.80 Å². The van der Waals surface area contributed by atoms with Gasteiger partial charge in [0, 0.05) is 38.6 Å². The molecule has 0 spiro atoms. The van der Waals surface area contributed by atoms with Crippen LogP contribution in [0, 0.1) is 5.92 Å². The normalized spacial score (nSPS) is 31.9. The van der Waals surface area contributed by atoms with E-state index in [9.17, 15) is 9.90 Å². The molecule has 0 radical (unpaired) electrons. The third-order valence-corrected chi connectivity index (χ3v) is 6.85. The van der Waals surface area contributed by atoms with Crippen LogP contribution in [0.3, 0.4) is 0 Å². The van der Waals surface area contributed by atoms with Gasteiger partial charge < -0.3 is 14.7 Å². The van der Waals surface area contributed by atoms with Crippen LogP contribution >= 0.6 is 0 Å². The van der Waals surface area contributed by atoms with Crippen LogP contribution in [0.2, 0.25) is 0 Å². The van der Waals surface area contributed by atoms with Gasteiger partial charge in [-0.25, -0.2) is 0 Å². The number of rotatable bonds is 7. The highest BCUT2D eigenvalue weighted by atomic mass is 16.5. The van der Waals surface area contributed by atoms with Crippen LogP contribution in [0.15, 0.2) is 24.3 Å². The van der Waals surface area contributed by atoms with Crippen molar-refractivity contribution in [2.45, 2.75) is 56.5 Å². The SMILES string of the molecule is COCCCCCC(=O)N1C[C@@H](c2cccc(O)c2)[C@@H]2[C@H]1C1CCN2CC1. The van der Waals surface area contributed by atoms with E-state index in [1.807, 2.05) is 12.1 Å². The third-order valence-electron chi connectivity index (χ3n) is 6.85. The molecular formula is C22H32N2O3. The molecule has 1 aromatic rings. The Morgan fingerprint density at radius 2 is 2.00 bits per heavy atom. The fourth-order valence-corrected chi connectivity index (χ4v) is 5.60. The Labute approximate surface area is 162 Å². The number of likely N-dealkylation sites (tertiary alicyclic amines) is 1. The number of carbonyl (C=O) groups excluding carboxylic acids is 1. The lowest BCUT2D eigenvalue weighted by Crippen LogP contribution is -2.60. The zero-order chi connectivity index (χ0) is 18.8. The molecule has 27 heavy (non-hydrogen) atoms. The Hall–Kier alpha value is -1.59. The highest BCUT2D eigenvalue weighted by Crippen LogP contribution is 2.47. The number of phenols is 1. The molecular weight excluding hydrogens is 340 g/mol. The van der Waals surface area contributed by atoms with Gasteiger partial charge >= 0.3 is 0 Å². The number of fused-ring (bicyclic) bond motifs is 2. The fraction of sp³-hybridized carbons (Fsp3) is 0.682. The Kier molecular flexibility index (Phi) is 5.69. The molecule has 0 saturated carbocycles. The maximum absolute atomic E-state index is 13.1. The summed E-state index contributed by atoms with van der Waals surface area (Å²) >= 11 is 0. The second kappa shape index (κ2) is 8.19. The minimum atomic E-state index is 0.308. The lowest BCUT2D eigenvalue weighted by Gasteiger charge is -2.51. The molecule has 5 rings (SSSR count). The second-order valence-electron chi connectivity index (χ2n) is 8.41. The van der Waals surface area contributed by atoms with Crippen molar-refractivity contribution < 1.29 is 14.6 Å². The third kappa shape index (κ3) is 3.72.